The molecule has 7 nitrogen and oxygen atoms in total. The fourth-order valence-corrected chi connectivity index (χ4v) is 2.45. The minimum absolute atomic E-state index is 0.0483. The van der Waals surface area contributed by atoms with Crippen LogP contribution in [0.15, 0.2) is 6.33 Å². The first kappa shape index (κ1) is 14.9. The SMILES string of the molecule is CNC(=O)C1CNCCN1Cc1ncnn1CC(C)C. The molecule has 0 aromatic carbocycles. The first-order valence-electron chi connectivity index (χ1n) is 7.15. The Labute approximate surface area is 119 Å². The number of carbonyl (C=O) groups excluding carboxylic acids is 1. The molecule has 0 spiro atoms. The Kier molecular flexibility index (Phi) is 5.08. The summed E-state index contributed by atoms with van der Waals surface area (Å²) in [6, 6.07) is -0.141. The van der Waals surface area contributed by atoms with Gasteiger partial charge in [0.2, 0.25) is 5.91 Å². The number of likely N-dealkylation sites (N-methyl/N-ethyl adjacent to an activating group) is 1. The molecule has 1 unspecified atom stereocenters. The third-order valence-electron chi connectivity index (χ3n) is 3.48. The molecule has 0 saturated carbocycles. The first-order valence-corrected chi connectivity index (χ1v) is 7.15. The van der Waals surface area contributed by atoms with E-state index in [0.717, 1.165) is 25.5 Å². The number of carbonyl (C=O) groups is 1. The molecule has 1 aliphatic heterocycles. The van der Waals surface area contributed by atoms with Gasteiger partial charge in [-0.05, 0) is 5.92 Å². The molecule has 2 rings (SSSR count). The van der Waals surface area contributed by atoms with Gasteiger partial charge in [-0.2, -0.15) is 5.10 Å². The van der Waals surface area contributed by atoms with Crippen molar-refractivity contribution in [3.05, 3.63) is 12.2 Å². The van der Waals surface area contributed by atoms with Crippen molar-refractivity contribution in [1.82, 2.24) is 30.3 Å². The van der Waals surface area contributed by atoms with Gasteiger partial charge in [-0.25, -0.2) is 9.67 Å². The lowest BCUT2D eigenvalue weighted by Gasteiger charge is -2.34. The summed E-state index contributed by atoms with van der Waals surface area (Å²) < 4.78 is 1.94. The molecule has 2 heterocycles. The van der Waals surface area contributed by atoms with Crippen molar-refractivity contribution in [2.45, 2.75) is 33.0 Å². The number of amides is 1. The second-order valence-corrected chi connectivity index (χ2v) is 5.56. The Morgan fingerprint density at radius 1 is 1.60 bits per heavy atom. The van der Waals surface area contributed by atoms with Crippen LogP contribution in [-0.2, 0) is 17.9 Å². The Morgan fingerprint density at radius 2 is 2.40 bits per heavy atom. The number of hydrogen-bond acceptors (Lipinski definition) is 5. The highest BCUT2D eigenvalue weighted by Crippen LogP contribution is 2.10. The Hall–Kier alpha value is -1.47. The van der Waals surface area contributed by atoms with Crippen LogP contribution >= 0.6 is 0 Å². The molecule has 1 aromatic heterocycles. The van der Waals surface area contributed by atoms with Gasteiger partial charge in [-0.15, -0.1) is 0 Å². The number of nitrogens with zero attached hydrogens (tertiary/aromatic N) is 4. The first-order chi connectivity index (χ1) is 9.61. The summed E-state index contributed by atoms with van der Waals surface area (Å²) in [5.41, 5.74) is 0. The van der Waals surface area contributed by atoms with Gasteiger partial charge in [0.15, 0.2) is 0 Å². The summed E-state index contributed by atoms with van der Waals surface area (Å²) in [5, 5.41) is 10.3. The van der Waals surface area contributed by atoms with Crippen molar-refractivity contribution in [2.24, 2.45) is 5.92 Å². The maximum atomic E-state index is 11.9. The van der Waals surface area contributed by atoms with Gasteiger partial charge in [0.25, 0.3) is 0 Å². The summed E-state index contributed by atoms with van der Waals surface area (Å²) in [7, 11) is 1.68. The van der Waals surface area contributed by atoms with Crippen molar-refractivity contribution >= 4 is 5.91 Å². The molecule has 7 heteroatoms. The molecule has 1 aromatic rings. The average Bonchev–Trinajstić information content (AvgIpc) is 2.85. The molecule has 2 N–H and O–H groups in total. The second kappa shape index (κ2) is 6.81. The quantitative estimate of drug-likeness (QED) is 0.757. The van der Waals surface area contributed by atoms with E-state index in [2.05, 4.69) is 39.5 Å². The number of aromatic nitrogens is 3. The molecule has 0 radical (unpaired) electrons. The van der Waals surface area contributed by atoms with Gasteiger partial charge in [-0.1, -0.05) is 13.8 Å². The van der Waals surface area contributed by atoms with Crippen molar-refractivity contribution in [1.29, 1.82) is 0 Å². The van der Waals surface area contributed by atoms with E-state index >= 15 is 0 Å². The summed E-state index contributed by atoms with van der Waals surface area (Å²) in [5.74, 6) is 1.50. The van der Waals surface area contributed by atoms with E-state index in [0.29, 0.717) is 19.0 Å². The van der Waals surface area contributed by atoms with Crippen LogP contribution in [0, 0.1) is 5.92 Å². The van der Waals surface area contributed by atoms with Gasteiger partial charge in [0.05, 0.1) is 6.54 Å². The van der Waals surface area contributed by atoms with Crippen LogP contribution < -0.4 is 10.6 Å². The standard InChI is InChI=1S/C13H24N6O/c1-10(2)7-19-12(16-9-17-19)8-18-5-4-15-6-11(18)13(20)14-3/h9-11,15H,4-8H2,1-3H3,(H,14,20). The van der Waals surface area contributed by atoms with Gasteiger partial charge < -0.3 is 10.6 Å². The zero-order valence-electron chi connectivity index (χ0n) is 12.5. The van der Waals surface area contributed by atoms with Crippen LogP contribution in [0.3, 0.4) is 0 Å². The van der Waals surface area contributed by atoms with Crippen LogP contribution in [0.25, 0.3) is 0 Å². The van der Waals surface area contributed by atoms with Gasteiger partial charge in [0.1, 0.15) is 18.2 Å². The van der Waals surface area contributed by atoms with E-state index in [1.807, 2.05) is 4.68 Å². The molecule has 0 aliphatic carbocycles. The Bertz CT molecular complexity index is 444. The number of piperazine rings is 1. The predicted octanol–water partition coefficient (Wildman–Crippen LogP) is -0.546. The minimum Gasteiger partial charge on any atom is -0.358 e. The zero-order valence-corrected chi connectivity index (χ0v) is 12.5. The van der Waals surface area contributed by atoms with Crippen LogP contribution in [0.1, 0.15) is 19.7 Å². The third kappa shape index (κ3) is 3.55. The van der Waals surface area contributed by atoms with Gasteiger partial charge in [0, 0.05) is 33.2 Å². The monoisotopic (exact) mass is 280 g/mol. The summed E-state index contributed by atoms with van der Waals surface area (Å²) >= 11 is 0. The second-order valence-electron chi connectivity index (χ2n) is 5.56. The highest BCUT2D eigenvalue weighted by atomic mass is 16.2. The number of hydrogen-bond donors (Lipinski definition) is 2. The topological polar surface area (TPSA) is 75.1 Å². The van der Waals surface area contributed by atoms with Gasteiger partial charge >= 0.3 is 0 Å². The molecule has 1 aliphatic rings. The third-order valence-corrected chi connectivity index (χ3v) is 3.48. The van der Waals surface area contributed by atoms with Crippen molar-refractivity contribution in [3.8, 4) is 0 Å². The van der Waals surface area contributed by atoms with E-state index < -0.39 is 0 Å². The van der Waals surface area contributed by atoms with Crippen LogP contribution in [0.4, 0.5) is 0 Å². The van der Waals surface area contributed by atoms with Crippen molar-refractivity contribution in [2.75, 3.05) is 26.7 Å². The molecule has 1 saturated heterocycles. The molecule has 1 fully saturated rings. The summed E-state index contributed by atoms with van der Waals surface area (Å²) in [6.07, 6.45) is 1.59. The zero-order chi connectivity index (χ0) is 14.5. The predicted molar refractivity (Wildman–Crippen MR) is 76.0 cm³/mol. The molecular formula is C13H24N6O. The van der Waals surface area contributed by atoms with Crippen LogP contribution in [0.2, 0.25) is 0 Å². The minimum atomic E-state index is -0.141. The van der Waals surface area contributed by atoms with Crippen molar-refractivity contribution < 1.29 is 4.79 Å². The van der Waals surface area contributed by atoms with Gasteiger partial charge in [-0.3, -0.25) is 9.69 Å². The summed E-state index contributed by atoms with van der Waals surface area (Å²) in [4.78, 5) is 18.4. The van der Waals surface area contributed by atoms with E-state index in [1.165, 1.54) is 0 Å². The fraction of sp³-hybridized carbons (Fsp3) is 0.769. The highest BCUT2D eigenvalue weighted by Gasteiger charge is 2.28. The van der Waals surface area contributed by atoms with Crippen LogP contribution in [0.5, 0.6) is 0 Å². The maximum Gasteiger partial charge on any atom is 0.238 e. The molecule has 112 valence electrons. The van der Waals surface area contributed by atoms with Crippen molar-refractivity contribution in [3.63, 3.8) is 0 Å². The summed E-state index contributed by atoms with van der Waals surface area (Å²) in [6.45, 7) is 8.24. The molecular weight excluding hydrogens is 256 g/mol. The fourth-order valence-electron chi connectivity index (χ4n) is 2.45. The van der Waals surface area contributed by atoms with E-state index in [9.17, 15) is 4.79 Å². The molecule has 1 amide bonds. The normalized spacial score (nSPS) is 20.3. The molecule has 0 bridgehead atoms. The largest absolute Gasteiger partial charge is 0.358 e. The van der Waals surface area contributed by atoms with E-state index in [1.54, 1.807) is 13.4 Å². The lowest BCUT2D eigenvalue weighted by atomic mass is 10.1. The lowest BCUT2D eigenvalue weighted by molar-refractivity contribution is -0.126. The smallest absolute Gasteiger partial charge is 0.238 e. The molecule has 20 heavy (non-hydrogen) atoms. The Balaban J connectivity index is 2.07. The molecule has 1 atom stereocenters. The van der Waals surface area contributed by atoms with E-state index in [-0.39, 0.29) is 11.9 Å². The van der Waals surface area contributed by atoms with E-state index in [4.69, 9.17) is 0 Å². The maximum absolute atomic E-state index is 11.9. The number of nitrogens with one attached hydrogen (secondary N) is 2. The average molecular weight is 280 g/mol. The number of rotatable bonds is 5. The lowest BCUT2D eigenvalue weighted by Crippen LogP contribution is -2.57. The Morgan fingerprint density at radius 3 is 3.10 bits per heavy atom. The highest BCUT2D eigenvalue weighted by molar-refractivity contribution is 5.81. The van der Waals surface area contributed by atoms with Crippen LogP contribution in [-0.4, -0.2) is 58.3 Å².